The third kappa shape index (κ3) is 4.89. The summed E-state index contributed by atoms with van der Waals surface area (Å²) in [7, 11) is 0. The number of amides is 1. The molecule has 0 atom stereocenters. The van der Waals surface area contributed by atoms with Gasteiger partial charge in [0.1, 0.15) is 5.82 Å². The molecule has 1 amide bonds. The number of nitrogens with one attached hydrogen (secondary N) is 1. The van der Waals surface area contributed by atoms with Crippen molar-refractivity contribution in [1.29, 1.82) is 0 Å². The molecule has 0 aromatic heterocycles. The van der Waals surface area contributed by atoms with Crippen LogP contribution in [0.25, 0.3) is 6.08 Å². The summed E-state index contributed by atoms with van der Waals surface area (Å²) in [4.78, 5) is 14.7. The van der Waals surface area contributed by atoms with E-state index in [0.717, 1.165) is 44.7 Å². The molecular formula is C20H27FN2O2. The number of benzene rings is 1. The van der Waals surface area contributed by atoms with Gasteiger partial charge in [0.15, 0.2) is 0 Å². The van der Waals surface area contributed by atoms with E-state index in [1.54, 1.807) is 18.2 Å². The number of rotatable bonds is 5. The molecule has 25 heavy (non-hydrogen) atoms. The van der Waals surface area contributed by atoms with Gasteiger partial charge in [-0.1, -0.05) is 31.4 Å². The molecule has 3 rings (SSSR count). The SMILES string of the molecule is O=C(/C=C/c1ccc(F)cc1)NCC1(N2CCOCC2)CCCCC1. The second-order valence-corrected chi connectivity index (χ2v) is 6.99. The van der Waals surface area contributed by atoms with Crippen molar-refractivity contribution >= 4 is 12.0 Å². The number of halogens is 1. The summed E-state index contributed by atoms with van der Waals surface area (Å²) >= 11 is 0. The molecule has 1 aromatic rings. The molecule has 1 saturated heterocycles. The Morgan fingerprint density at radius 3 is 2.52 bits per heavy atom. The van der Waals surface area contributed by atoms with Gasteiger partial charge in [-0.15, -0.1) is 0 Å². The van der Waals surface area contributed by atoms with Gasteiger partial charge in [0.2, 0.25) is 5.91 Å². The van der Waals surface area contributed by atoms with E-state index in [-0.39, 0.29) is 17.3 Å². The number of hydrogen-bond acceptors (Lipinski definition) is 3. The van der Waals surface area contributed by atoms with Gasteiger partial charge in [-0.3, -0.25) is 9.69 Å². The lowest BCUT2D eigenvalue weighted by Gasteiger charge is -2.48. The first kappa shape index (κ1) is 18.1. The van der Waals surface area contributed by atoms with Crippen molar-refractivity contribution in [1.82, 2.24) is 10.2 Å². The molecular weight excluding hydrogens is 319 g/mol. The number of morpholine rings is 1. The van der Waals surface area contributed by atoms with E-state index in [1.165, 1.54) is 37.5 Å². The van der Waals surface area contributed by atoms with E-state index < -0.39 is 0 Å². The van der Waals surface area contributed by atoms with Crippen LogP contribution in [-0.2, 0) is 9.53 Å². The van der Waals surface area contributed by atoms with Crippen LogP contribution in [0, 0.1) is 5.82 Å². The lowest BCUT2D eigenvalue weighted by atomic mass is 9.79. The highest BCUT2D eigenvalue weighted by molar-refractivity contribution is 5.91. The molecule has 0 spiro atoms. The normalized spacial score (nSPS) is 21.3. The van der Waals surface area contributed by atoms with Crippen molar-refractivity contribution in [2.75, 3.05) is 32.8 Å². The summed E-state index contributed by atoms with van der Waals surface area (Å²) in [5.74, 6) is -0.367. The number of hydrogen-bond donors (Lipinski definition) is 1. The van der Waals surface area contributed by atoms with Crippen molar-refractivity contribution in [3.05, 3.63) is 41.7 Å². The molecule has 0 bridgehead atoms. The van der Waals surface area contributed by atoms with Gasteiger partial charge in [-0.05, 0) is 36.6 Å². The third-order valence-corrected chi connectivity index (χ3v) is 5.36. The summed E-state index contributed by atoms with van der Waals surface area (Å²) < 4.78 is 18.4. The second kappa shape index (κ2) is 8.59. The smallest absolute Gasteiger partial charge is 0.244 e. The largest absolute Gasteiger partial charge is 0.379 e. The Bertz CT molecular complexity index is 588. The van der Waals surface area contributed by atoms with E-state index >= 15 is 0 Å². The molecule has 1 aromatic carbocycles. The predicted molar refractivity (Wildman–Crippen MR) is 96.7 cm³/mol. The number of carbonyl (C=O) groups is 1. The summed E-state index contributed by atoms with van der Waals surface area (Å²) in [5, 5.41) is 3.09. The first-order valence-electron chi connectivity index (χ1n) is 9.22. The van der Waals surface area contributed by atoms with Crippen LogP contribution in [0.4, 0.5) is 4.39 Å². The molecule has 5 heteroatoms. The molecule has 2 aliphatic rings. The molecule has 0 unspecified atom stereocenters. The molecule has 1 aliphatic heterocycles. The summed E-state index contributed by atoms with van der Waals surface area (Å²) in [6.07, 6.45) is 9.24. The lowest BCUT2D eigenvalue weighted by molar-refractivity contribution is -0.117. The zero-order valence-corrected chi connectivity index (χ0v) is 14.7. The van der Waals surface area contributed by atoms with E-state index in [4.69, 9.17) is 4.74 Å². The molecule has 2 fully saturated rings. The van der Waals surface area contributed by atoms with E-state index in [2.05, 4.69) is 10.2 Å². The van der Waals surface area contributed by atoms with Gasteiger partial charge in [0.05, 0.1) is 13.2 Å². The molecule has 1 saturated carbocycles. The Balaban J connectivity index is 1.58. The fraction of sp³-hybridized carbons (Fsp3) is 0.550. The highest BCUT2D eigenvalue weighted by Gasteiger charge is 2.38. The topological polar surface area (TPSA) is 41.6 Å². The van der Waals surface area contributed by atoms with Gasteiger partial charge in [-0.25, -0.2) is 4.39 Å². The first-order chi connectivity index (χ1) is 12.2. The van der Waals surface area contributed by atoms with Crippen LogP contribution in [-0.4, -0.2) is 49.2 Å². The zero-order valence-electron chi connectivity index (χ0n) is 14.7. The number of carbonyl (C=O) groups excluding carboxylic acids is 1. The zero-order chi connectivity index (χ0) is 17.5. The van der Waals surface area contributed by atoms with Crippen LogP contribution in [0.5, 0.6) is 0 Å². The van der Waals surface area contributed by atoms with Gasteiger partial charge >= 0.3 is 0 Å². The molecule has 1 heterocycles. The summed E-state index contributed by atoms with van der Waals surface area (Å²) in [6.45, 7) is 4.13. The summed E-state index contributed by atoms with van der Waals surface area (Å²) in [6, 6.07) is 6.12. The maximum absolute atomic E-state index is 12.9. The van der Waals surface area contributed by atoms with Gasteiger partial charge < -0.3 is 10.1 Å². The lowest BCUT2D eigenvalue weighted by Crippen LogP contribution is -2.59. The number of ether oxygens (including phenoxy) is 1. The van der Waals surface area contributed by atoms with Crippen molar-refractivity contribution < 1.29 is 13.9 Å². The van der Waals surface area contributed by atoms with Crippen LogP contribution < -0.4 is 5.32 Å². The average Bonchev–Trinajstić information content (AvgIpc) is 2.67. The van der Waals surface area contributed by atoms with E-state index in [0.29, 0.717) is 6.54 Å². The fourth-order valence-corrected chi connectivity index (χ4v) is 3.91. The fourth-order valence-electron chi connectivity index (χ4n) is 3.91. The van der Waals surface area contributed by atoms with Crippen molar-refractivity contribution in [2.45, 2.75) is 37.6 Å². The van der Waals surface area contributed by atoms with Crippen molar-refractivity contribution in [3.63, 3.8) is 0 Å². The Morgan fingerprint density at radius 1 is 1.16 bits per heavy atom. The summed E-state index contributed by atoms with van der Waals surface area (Å²) in [5.41, 5.74) is 0.888. The second-order valence-electron chi connectivity index (χ2n) is 6.99. The van der Waals surface area contributed by atoms with E-state index in [1.807, 2.05) is 0 Å². The average molecular weight is 346 g/mol. The third-order valence-electron chi connectivity index (χ3n) is 5.36. The molecule has 1 aliphatic carbocycles. The minimum atomic E-state index is -0.272. The van der Waals surface area contributed by atoms with Gasteiger partial charge in [0.25, 0.3) is 0 Å². The van der Waals surface area contributed by atoms with E-state index in [9.17, 15) is 9.18 Å². The molecule has 1 N–H and O–H groups in total. The first-order valence-corrected chi connectivity index (χ1v) is 9.22. The Labute approximate surface area is 149 Å². The van der Waals surface area contributed by atoms with Crippen LogP contribution in [0.2, 0.25) is 0 Å². The van der Waals surface area contributed by atoms with Crippen LogP contribution in [0.1, 0.15) is 37.7 Å². The minimum Gasteiger partial charge on any atom is -0.379 e. The van der Waals surface area contributed by atoms with Crippen LogP contribution in [0.3, 0.4) is 0 Å². The van der Waals surface area contributed by atoms with Crippen molar-refractivity contribution in [2.24, 2.45) is 0 Å². The Morgan fingerprint density at radius 2 is 1.84 bits per heavy atom. The van der Waals surface area contributed by atoms with Crippen LogP contribution >= 0.6 is 0 Å². The quantitative estimate of drug-likeness (QED) is 0.834. The van der Waals surface area contributed by atoms with Gasteiger partial charge in [-0.2, -0.15) is 0 Å². The minimum absolute atomic E-state index is 0.0708. The maximum Gasteiger partial charge on any atom is 0.244 e. The predicted octanol–water partition coefficient (Wildman–Crippen LogP) is 2.99. The van der Waals surface area contributed by atoms with Gasteiger partial charge in [0, 0.05) is 31.2 Å². The maximum atomic E-state index is 12.9. The Hall–Kier alpha value is -1.72. The Kier molecular flexibility index (Phi) is 6.21. The number of nitrogens with zero attached hydrogens (tertiary/aromatic N) is 1. The highest BCUT2D eigenvalue weighted by Crippen LogP contribution is 2.33. The molecule has 0 radical (unpaired) electrons. The highest BCUT2D eigenvalue weighted by atomic mass is 19.1. The monoisotopic (exact) mass is 346 g/mol. The van der Waals surface area contributed by atoms with Crippen LogP contribution in [0.15, 0.2) is 30.3 Å². The molecule has 136 valence electrons. The van der Waals surface area contributed by atoms with Crippen molar-refractivity contribution in [3.8, 4) is 0 Å². The standard InChI is InChI=1S/C20H27FN2O2/c21-18-7-4-17(5-8-18)6-9-19(24)22-16-20(10-2-1-3-11-20)23-12-14-25-15-13-23/h4-9H,1-3,10-16H2,(H,22,24)/b9-6+. The molecule has 4 nitrogen and oxygen atoms in total.